The molecule has 1 N–H and O–H groups in total. The Labute approximate surface area is 115 Å². The van der Waals surface area contributed by atoms with Gasteiger partial charge in [-0.1, -0.05) is 0 Å². The van der Waals surface area contributed by atoms with Crippen LogP contribution < -0.4 is 5.32 Å². The Morgan fingerprint density at radius 2 is 2.32 bits per heavy atom. The van der Waals surface area contributed by atoms with Crippen LogP contribution in [0.4, 0.5) is 5.69 Å². The van der Waals surface area contributed by atoms with E-state index in [2.05, 4.69) is 20.4 Å². The van der Waals surface area contributed by atoms with Gasteiger partial charge in [-0.15, -0.1) is 11.6 Å². The number of rotatable bonds is 4. The number of pyridine rings is 1. The van der Waals surface area contributed by atoms with Crippen molar-refractivity contribution in [1.29, 1.82) is 0 Å². The van der Waals surface area contributed by atoms with Gasteiger partial charge in [0.1, 0.15) is 12.7 Å². The molecule has 0 radical (unpaired) electrons. The largest absolute Gasteiger partial charge is 0.322 e. The monoisotopic (exact) mass is 279 g/mol. The number of hydrogen-bond acceptors (Lipinski definition) is 4. The van der Waals surface area contributed by atoms with Crippen LogP contribution in [0.25, 0.3) is 5.82 Å². The van der Waals surface area contributed by atoms with Gasteiger partial charge in [0.25, 0.3) is 0 Å². The highest BCUT2D eigenvalue weighted by Gasteiger charge is 2.27. The normalized spacial score (nSPS) is 11.3. The Morgan fingerprint density at radius 3 is 2.95 bits per heavy atom. The lowest BCUT2D eigenvalue weighted by molar-refractivity contribution is -0.122. The zero-order valence-electron chi connectivity index (χ0n) is 10.7. The summed E-state index contributed by atoms with van der Waals surface area (Å²) in [5.74, 6) is 0.577. The highest BCUT2D eigenvalue weighted by atomic mass is 35.5. The van der Waals surface area contributed by atoms with E-state index in [1.165, 1.54) is 17.3 Å². The van der Waals surface area contributed by atoms with Crippen molar-refractivity contribution in [2.75, 3.05) is 11.2 Å². The number of aromatic nitrogens is 4. The first kappa shape index (κ1) is 13.5. The average molecular weight is 280 g/mol. The van der Waals surface area contributed by atoms with Gasteiger partial charge in [0.2, 0.25) is 5.91 Å². The third-order valence-corrected chi connectivity index (χ3v) is 3.29. The van der Waals surface area contributed by atoms with Crippen LogP contribution in [0.1, 0.15) is 13.8 Å². The van der Waals surface area contributed by atoms with Gasteiger partial charge in [-0.25, -0.2) is 14.6 Å². The Morgan fingerprint density at radius 1 is 1.53 bits per heavy atom. The fourth-order valence-electron chi connectivity index (χ4n) is 1.35. The Hall–Kier alpha value is -1.95. The van der Waals surface area contributed by atoms with Gasteiger partial charge in [0, 0.05) is 12.1 Å². The standard InChI is InChI=1S/C12H14ClN5O/c1-12(2,6-13)11(19)17-9-4-3-5-15-10(9)18-8-14-7-16-18/h3-5,7-8H,6H2,1-2H3,(H,17,19). The van der Waals surface area contributed by atoms with Gasteiger partial charge in [-0.3, -0.25) is 4.79 Å². The summed E-state index contributed by atoms with van der Waals surface area (Å²) in [6, 6.07) is 3.50. The molecule has 0 unspecified atom stereocenters. The fourth-order valence-corrected chi connectivity index (χ4v) is 1.47. The molecular weight excluding hydrogens is 266 g/mol. The van der Waals surface area contributed by atoms with Crippen LogP contribution in [0, 0.1) is 5.41 Å². The van der Waals surface area contributed by atoms with Gasteiger partial charge in [-0.2, -0.15) is 5.10 Å². The maximum atomic E-state index is 12.1. The molecule has 2 rings (SSSR count). The van der Waals surface area contributed by atoms with Gasteiger partial charge in [0.05, 0.1) is 11.1 Å². The average Bonchev–Trinajstić information content (AvgIpc) is 2.93. The maximum Gasteiger partial charge on any atom is 0.231 e. The highest BCUT2D eigenvalue weighted by molar-refractivity contribution is 6.20. The van der Waals surface area contributed by atoms with E-state index in [0.717, 1.165) is 0 Å². The molecular formula is C12H14ClN5O. The van der Waals surface area contributed by atoms with E-state index in [1.54, 1.807) is 32.2 Å². The predicted molar refractivity (Wildman–Crippen MR) is 72.3 cm³/mol. The van der Waals surface area contributed by atoms with E-state index in [-0.39, 0.29) is 11.8 Å². The smallest absolute Gasteiger partial charge is 0.231 e. The minimum Gasteiger partial charge on any atom is -0.322 e. The van der Waals surface area contributed by atoms with Crippen LogP contribution >= 0.6 is 11.6 Å². The van der Waals surface area contributed by atoms with Crippen molar-refractivity contribution in [3.05, 3.63) is 31.0 Å². The second-order valence-corrected chi connectivity index (χ2v) is 4.95. The van der Waals surface area contributed by atoms with E-state index in [1.807, 2.05) is 0 Å². The minimum atomic E-state index is -0.656. The number of halogens is 1. The highest BCUT2D eigenvalue weighted by Crippen LogP contribution is 2.22. The van der Waals surface area contributed by atoms with Crippen molar-refractivity contribution in [2.45, 2.75) is 13.8 Å². The molecule has 2 aromatic rings. The molecule has 0 bridgehead atoms. The van der Waals surface area contributed by atoms with E-state index in [4.69, 9.17) is 11.6 Å². The summed E-state index contributed by atoms with van der Waals surface area (Å²) in [6.07, 6.45) is 4.55. The maximum absolute atomic E-state index is 12.1. The number of nitrogens with one attached hydrogen (secondary N) is 1. The first-order valence-electron chi connectivity index (χ1n) is 5.72. The number of carbonyl (C=O) groups is 1. The molecule has 0 aliphatic rings. The molecule has 0 spiro atoms. The number of anilines is 1. The number of alkyl halides is 1. The van der Waals surface area contributed by atoms with E-state index in [0.29, 0.717) is 11.5 Å². The number of amides is 1. The number of hydrogen-bond donors (Lipinski definition) is 1. The molecule has 2 heterocycles. The molecule has 0 saturated heterocycles. The van der Waals surface area contributed by atoms with Crippen LogP contribution in [0.5, 0.6) is 0 Å². The van der Waals surface area contributed by atoms with Gasteiger partial charge in [0.15, 0.2) is 5.82 Å². The fraction of sp³-hybridized carbons (Fsp3) is 0.333. The van der Waals surface area contributed by atoms with Crippen molar-refractivity contribution < 1.29 is 4.79 Å². The lowest BCUT2D eigenvalue weighted by atomic mass is 9.95. The van der Waals surface area contributed by atoms with Gasteiger partial charge >= 0.3 is 0 Å². The van der Waals surface area contributed by atoms with Crippen molar-refractivity contribution in [1.82, 2.24) is 19.7 Å². The molecule has 0 aromatic carbocycles. The first-order valence-corrected chi connectivity index (χ1v) is 6.25. The zero-order chi connectivity index (χ0) is 13.9. The third kappa shape index (κ3) is 2.90. The molecule has 1 amide bonds. The van der Waals surface area contributed by atoms with Gasteiger partial charge in [-0.05, 0) is 26.0 Å². The summed E-state index contributed by atoms with van der Waals surface area (Å²) in [5, 5.41) is 6.82. The topological polar surface area (TPSA) is 72.7 Å². The van der Waals surface area contributed by atoms with E-state index >= 15 is 0 Å². The quantitative estimate of drug-likeness (QED) is 0.867. The van der Waals surface area contributed by atoms with Crippen LogP contribution in [-0.2, 0) is 4.79 Å². The first-order chi connectivity index (χ1) is 9.04. The summed E-state index contributed by atoms with van der Waals surface area (Å²) >= 11 is 5.79. The van der Waals surface area contributed by atoms with E-state index < -0.39 is 5.41 Å². The lowest BCUT2D eigenvalue weighted by Crippen LogP contribution is -2.32. The summed E-state index contributed by atoms with van der Waals surface area (Å²) in [7, 11) is 0. The van der Waals surface area contributed by atoms with Crippen LogP contribution in [-0.4, -0.2) is 31.5 Å². The number of nitrogens with zero attached hydrogens (tertiary/aromatic N) is 4. The molecule has 19 heavy (non-hydrogen) atoms. The summed E-state index contributed by atoms with van der Waals surface area (Å²) in [4.78, 5) is 20.2. The second-order valence-electron chi connectivity index (χ2n) is 4.69. The molecule has 7 heteroatoms. The minimum absolute atomic E-state index is 0.170. The molecule has 0 atom stereocenters. The molecule has 0 saturated carbocycles. The Balaban J connectivity index is 2.29. The Kier molecular flexibility index (Phi) is 3.80. The molecule has 0 aliphatic carbocycles. The van der Waals surface area contributed by atoms with Crippen molar-refractivity contribution in [3.8, 4) is 5.82 Å². The van der Waals surface area contributed by atoms with Crippen LogP contribution in [0.15, 0.2) is 31.0 Å². The van der Waals surface area contributed by atoms with Crippen LogP contribution in [0.3, 0.4) is 0 Å². The lowest BCUT2D eigenvalue weighted by Gasteiger charge is -2.21. The van der Waals surface area contributed by atoms with Crippen molar-refractivity contribution in [3.63, 3.8) is 0 Å². The molecule has 100 valence electrons. The molecule has 0 aliphatic heterocycles. The number of carbonyl (C=O) groups excluding carboxylic acids is 1. The van der Waals surface area contributed by atoms with Gasteiger partial charge < -0.3 is 5.32 Å². The SMILES string of the molecule is CC(C)(CCl)C(=O)Nc1cccnc1-n1cncn1. The molecule has 2 aromatic heterocycles. The predicted octanol–water partition coefficient (Wildman–Crippen LogP) is 1.87. The summed E-state index contributed by atoms with van der Waals surface area (Å²) in [6.45, 7) is 3.56. The summed E-state index contributed by atoms with van der Waals surface area (Å²) < 4.78 is 1.49. The molecule has 0 fully saturated rings. The third-order valence-electron chi connectivity index (χ3n) is 2.62. The molecule has 6 nitrogen and oxygen atoms in total. The van der Waals surface area contributed by atoms with Crippen molar-refractivity contribution in [2.24, 2.45) is 5.41 Å². The van der Waals surface area contributed by atoms with Crippen molar-refractivity contribution >= 4 is 23.2 Å². The Bertz CT molecular complexity index is 567. The zero-order valence-corrected chi connectivity index (χ0v) is 11.4. The van der Waals surface area contributed by atoms with Crippen LogP contribution in [0.2, 0.25) is 0 Å². The van der Waals surface area contributed by atoms with E-state index in [9.17, 15) is 4.79 Å². The summed E-state index contributed by atoms with van der Waals surface area (Å²) in [5.41, 5.74) is -0.0898. The second kappa shape index (κ2) is 5.36.